The van der Waals surface area contributed by atoms with E-state index in [4.69, 9.17) is 20.3 Å². The van der Waals surface area contributed by atoms with Gasteiger partial charge in [0.15, 0.2) is 12.4 Å². The van der Waals surface area contributed by atoms with Gasteiger partial charge in [-0.1, -0.05) is 0 Å². The first-order chi connectivity index (χ1) is 14.5. The van der Waals surface area contributed by atoms with Gasteiger partial charge >= 0.3 is 29.2 Å². The maximum atomic E-state index is 14.8. The number of hydrogen-bond acceptors (Lipinski definition) is 12. The van der Waals surface area contributed by atoms with E-state index in [-0.39, 0.29) is 11.6 Å². The van der Waals surface area contributed by atoms with Crippen LogP contribution in [0.4, 0.5) is 10.2 Å². The van der Waals surface area contributed by atoms with E-state index < -0.39 is 59.9 Å². The molecule has 16 nitrogen and oxygen atoms in total. The fraction of sp³-hybridized carbons (Fsp3) is 0.636. The molecule has 1 aromatic rings. The zero-order valence-electron chi connectivity index (χ0n) is 15.9. The third-order valence-electron chi connectivity index (χ3n) is 3.87. The Bertz CT molecular complexity index is 1040. The van der Waals surface area contributed by atoms with Gasteiger partial charge in [0.2, 0.25) is 0 Å². The zero-order chi connectivity index (χ0) is 24.5. The molecule has 7 N–H and O–H groups in total. The Kier molecular flexibility index (Phi) is 8.50. The lowest BCUT2D eigenvalue weighted by Crippen LogP contribution is -2.48. The Balaban J connectivity index is 2.24. The molecular formula is C11H19FN3O13P3S. The van der Waals surface area contributed by atoms with E-state index in [1.807, 2.05) is 0 Å². The van der Waals surface area contributed by atoms with Crippen molar-refractivity contribution in [3.8, 4) is 0 Å². The summed E-state index contributed by atoms with van der Waals surface area (Å²) in [7, 11) is -17.0. The van der Waals surface area contributed by atoms with Crippen LogP contribution in [0.1, 0.15) is 6.23 Å². The second kappa shape index (κ2) is 9.88. The Morgan fingerprint density at radius 3 is 2.44 bits per heavy atom. The lowest BCUT2D eigenvalue weighted by atomic mass is 9.99. The second-order valence-electron chi connectivity index (χ2n) is 6.30. The molecule has 0 radical (unpaired) electrons. The van der Waals surface area contributed by atoms with Gasteiger partial charge < -0.3 is 35.2 Å². The molecule has 0 amide bonds. The fourth-order valence-corrected chi connectivity index (χ4v) is 6.56. The van der Waals surface area contributed by atoms with Crippen LogP contribution in [0.3, 0.4) is 0 Å². The van der Waals surface area contributed by atoms with E-state index in [0.29, 0.717) is 4.57 Å². The minimum absolute atomic E-state index is 0.164. The van der Waals surface area contributed by atoms with Gasteiger partial charge in [0.05, 0.1) is 6.61 Å². The number of phosphoric acid groups is 3. The molecule has 6 atom stereocenters. The summed E-state index contributed by atoms with van der Waals surface area (Å²) in [6, 6.07) is 1.16. The van der Waals surface area contributed by atoms with Gasteiger partial charge in [0.25, 0.3) is 0 Å². The van der Waals surface area contributed by atoms with E-state index in [1.54, 1.807) is 0 Å². The first-order valence-corrected chi connectivity index (χ1v) is 14.0. The van der Waals surface area contributed by atoms with Gasteiger partial charge in [-0.15, -0.1) is 0 Å². The summed E-state index contributed by atoms with van der Waals surface area (Å²) in [5.41, 5.74) is 2.28. The van der Waals surface area contributed by atoms with E-state index in [1.165, 1.54) is 6.26 Å². The average Bonchev–Trinajstić information content (AvgIpc) is 2.83. The highest BCUT2D eigenvalue weighted by Crippen LogP contribution is 2.66. The lowest BCUT2D eigenvalue weighted by Gasteiger charge is -2.31. The molecule has 184 valence electrons. The molecule has 0 saturated carbocycles. The van der Waals surface area contributed by atoms with Gasteiger partial charge in [-0.2, -0.15) is 25.4 Å². The van der Waals surface area contributed by atoms with E-state index in [0.717, 1.165) is 24.0 Å². The number of halogens is 1. The van der Waals surface area contributed by atoms with Gasteiger partial charge in [-0.3, -0.25) is 9.09 Å². The van der Waals surface area contributed by atoms with Crippen LogP contribution in [0.5, 0.6) is 0 Å². The lowest BCUT2D eigenvalue weighted by molar-refractivity contribution is -0.112. The summed E-state index contributed by atoms with van der Waals surface area (Å²) in [5.74, 6) is -0.430. The number of nitrogens with two attached hydrogens (primary N) is 1. The number of aliphatic hydroxyl groups excluding tert-OH is 1. The summed E-state index contributed by atoms with van der Waals surface area (Å²) < 4.78 is 66.7. The number of nitrogens with zero attached hydrogens (tertiary/aromatic N) is 2. The molecule has 2 rings (SSSR count). The van der Waals surface area contributed by atoms with Crippen LogP contribution in [0, 0.1) is 0 Å². The van der Waals surface area contributed by atoms with Gasteiger partial charge in [-0.25, -0.2) is 22.9 Å². The van der Waals surface area contributed by atoms with Crippen molar-refractivity contribution in [2.24, 2.45) is 0 Å². The summed E-state index contributed by atoms with van der Waals surface area (Å²) in [6.07, 6.45) is -3.49. The van der Waals surface area contributed by atoms with Crippen LogP contribution in [0.25, 0.3) is 0 Å². The van der Waals surface area contributed by atoms with Crippen molar-refractivity contribution in [2.75, 3.05) is 24.3 Å². The predicted molar refractivity (Wildman–Crippen MR) is 105 cm³/mol. The molecule has 1 fully saturated rings. The number of rotatable bonds is 10. The molecule has 1 aliphatic rings. The van der Waals surface area contributed by atoms with Gasteiger partial charge in [0.1, 0.15) is 17.5 Å². The van der Waals surface area contributed by atoms with E-state index in [2.05, 4.69) is 18.1 Å². The van der Waals surface area contributed by atoms with E-state index >= 15 is 0 Å². The Hall–Kier alpha value is -0.710. The number of aliphatic hydroxyl groups is 1. The molecule has 0 aromatic carbocycles. The molecule has 1 aromatic heterocycles. The van der Waals surface area contributed by atoms with Crippen LogP contribution < -0.4 is 11.4 Å². The minimum Gasteiger partial charge on any atom is -0.387 e. The summed E-state index contributed by atoms with van der Waals surface area (Å²) >= 11 is 0.980. The quantitative estimate of drug-likeness (QED) is 0.203. The van der Waals surface area contributed by atoms with Crippen molar-refractivity contribution in [3.63, 3.8) is 0 Å². The van der Waals surface area contributed by atoms with Crippen LogP contribution in [0.15, 0.2) is 17.1 Å². The van der Waals surface area contributed by atoms with Crippen molar-refractivity contribution in [1.82, 2.24) is 9.55 Å². The monoisotopic (exact) mass is 545 g/mol. The molecule has 0 aliphatic carbocycles. The summed E-state index contributed by atoms with van der Waals surface area (Å²) in [6.45, 7) is -1.12. The SMILES string of the molecule is CSC[C@]1(COP(=O)(O)OP(=O)(O)OP(=O)(O)O)O[C@@H](n2ccc(N)nc2=O)[C@@H](F)[C@H]1O. The largest absolute Gasteiger partial charge is 0.490 e. The zero-order valence-corrected chi connectivity index (χ0v) is 19.4. The number of hydrogen-bond donors (Lipinski definition) is 6. The Morgan fingerprint density at radius 1 is 1.28 bits per heavy atom. The van der Waals surface area contributed by atoms with Crippen molar-refractivity contribution < 1.29 is 60.6 Å². The number of aromatic nitrogens is 2. The smallest absolute Gasteiger partial charge is 0.387 e. The highest BCUT2D eigenvalue weighted by Gasteiger charge is 2.57. The Labute approximate surface area is 182 Å². The predicted octanol–water partition coefficient (Wildman–Crippen LogP) is -0.502. The number of alkyl halides is 1. The van der Waals surface area contributed by atoms with Crippen molar-refractivity contribution in [2.45, 2.75) is 24.1 Å². The van der Waals surface area contributed by atoms with Crippen LogP contribution in [0.2, 0.25) is 0 Å². The molecule has 2 unspecified atom stereocenters. The van der Waals surface area contributed by atoms with E-state index in [9.17, 15) is 37.8 Å². The van der Waals surface area contributed by atoms with Crippen LogP contribution in [-0.2, 0) is 31.6 Å². The van der Waals surface area contributed by atoms with Crippen molar-refractivity contribution >= 4 is 41.0 Å². The topological polar surface area (TPSA) is 250 Å². The van der Waals surface area contributed by atoms with Gasteiger partial charge in [0, 0.05) is 11.9 Å². The third-order valence-corrected chi connectivity index (χ3v) is 8.43. The normalized spacial score (nSPS) is 30.0. The fourth-order valence-electron chi connectivity index (χ4n) is 2.67. The standard InChI is InChI=1S/C11H19FN3O13P3S/c1-32-5-11(4-25-30(21,22)28-31(23,24)27-29(18,19)20)8(16)7(12)9(26-11)15-3-2-6(13)14-10(15)17/h2-3,7-9,16H,4-5H2,1H3,(H,21,22)(H,23,24)(H2,13,14,17)(H2,18,19,20)/t7-,8+,9+,11-/m0/s1. The highest BCUT2D eigenvalue weighted by atomic mass is 32.2. The maximum Gasteiger partial charge on any atom is 0.490 e. The number of ether oxygens (including phenoxy) is 1. The molecule has 1 saturated heterocycles. The molecule has 32 heavy (non-hydrogen) atoms. The third kappa shape index (κ3) is 6.90. The Morgan fingerprint density at radius 2 is 1.91 bits per heavy atom. The first-order valence-electron chi connectivity index (χ1n) is 8.13. The number of phosphoric ester groups is 1. The molecule has 1 aliphatic heterocycles. The number of anilines is 1. The van der Waals surface area contributed by atoms with Crippen molar-refractivity contribution in [3.05, 3.63) is 22.7 Å². The maximum absolute atomic E-state index is 14.8. The molecule has 0 bridgehead atoms. The minimum atomic E-state index is -5.78. The first kappa shape index (κ1) is 27.5. The second-order valence-corrected chi connectivity index (χ2v) is 11.6. The molecule has 21 heteroatoms. The molecule has 2 heterocycles. The molecular weight excluding hydrogens is 526 g/mol. The highest BCUT2D eigenvalue weighted by molar-refractivity contribution is 7.98. The number of nitrogen functional groups attached to an aromatic ring is 1. The summed E-state index contributed by atoms with van der Waals surface area (Å²) in [5, 5.41) is 10.4. The summed E-state index contributed by atoms with van der Waals surface area (Å²) in [4.78, 5) is 51.3. The van der Waals surface area contributed by atoms with Crippen LogP contribution in [-0.4, -0.2) is 70.7 Å². The molecule has 0 spiro atoms. The van der Waals surface area contributed by atoms with Crippen molar-refractivity contribution in [1.29, 1.82) is 0 Å². The van der Waals surface area contributed by atoms with Gasteiger partial charge in [-0.05, 0) is 12.3 Å². The van der Waals surface area contributed by atoms with Crippen LogP contribution >= 0.6 is 35.2 Å². The average molecular weight is 545 g/mol. The number of thioether (sulfide) groups is 1.